The number of carbonyl (C=O) groups excluding carboxylic acids is 1. The average Bonchev–Trinajstić information content (AvgIpc) is 3.20. The number of hydrogen-bond donors (Lipinski definition) is 1. The van der Waals surface area contributed by atoms with Gasteiger partial charge in [-0.3, -0.25) is 10.2 Å². The van der Waals surface area contributed by atoms with Crippen molar-refractivity contribution in [1.82, 2.24) is 9.47 Å². The second-order valence-corrected chi connectivity index (χ2v) is 9.32. The number of benzene rings is 1. The molecule has 1 amide bonds. The van der Waals surface area contributed by atoms with E-state index in [1.807, 2.05) is 54.8 Å². The molecule has 0 atom stereocenters. The van der Waals surface area contributed by atoms with Crippen molar-refractivity contribution in [3.8, 4) is 5.69 Å². The Morgan fingerprint density at radius 3 is 2.52 bits per heavy atom. The minimum Gasteiger partial charge on any atom is -0.318 e. The van der Waals surface area contributed by atoms with Gasteiger partial charge in [-0.05, 0) is 43.7 Å². The number of sulfone groups is 1. The van der Waals surface area contributed by atoms with Crippen LogP contribution in [0.4, 0.5) is 0 Å². The number of nitrogens with one attached hydrogen (secondary N) is 1. The van der Waals surface area contributed by atoms with Gasteiger partial charge in [-0.2, -0.15) is 9.39 Å². The van der Waals surface area contributed by atoms with E-state index in [-0.39, 0.29) is 21.7 Å². The monoisotopic (exact) mass is 427 g/mol. The van der Waals surface area contributed by atoms with Crippen LogP contribution in [0, 0.1) is 19.3 Å². The van der Waals surface area contributed by atoms with Crippen molar-refractivity contribution in [1.29, 1.82) is 5.41 Å². The second kappa shape index (κ2) is 6.82. The molecule has 4 rings (SSSR count). The number of aliphatic imine (C=N–C) groups is 1. The molecule has 2 aromatic rings. The lowest BCUT2D eigenvalue weighted by Gasteiger charge is -2.23. The maximum atomic E-state index is 12.5. The van der Waals surface area contributed by atoms with Crippen LogP contribution in [0.3, 0.4) is 0 Å². The number of para-hydroxylation sites is 1. The third kappa shape index (κ3) is 3.23. The first-order valence-corrected chi connectivity index (χ1v) is 11.3. The van der Waals surface area contributed by atoms with Crippen LogP contribution in [0.25, 0.3) is 11.8 Å². The molecule has 1 aromatic heterocycles. The number of fused-ring (bicyclic) bond motifs is 1. The molecule has 3 heterocycles. The van der Waals surface area contributed by atoms with E-state index in [0.717, 1.165) is 45.7 Å². The summed E-state index contributed by atoms with van der Waals surface area (Å²) in [6.07, 6.45) is 2.59. The minimum absolute atomic E-state index is 0.0147. The van der Waals surface area contributed by atoms with Crippen LogP contribution < -0.4 is 0 Å². The Bertz CT molecular complexity index is 1250. The van der Waals surface area contributed by atoms with Crippen molar-refractivity contribution in [3.63, 3.8) is 0 Å². The lowest BCUT2D eigenvalue weighted by atomic mass is 10.1. The number of carbonyl (C=O) groups is 1. The average molecular weight is 428 g/mol. The Hall–Kier alpha value is -2.98. The number of amidine groups is 3. The van der Waals surface area contributed by atoms with Crippen LogP contribution in [-0.2, 0) is 14.6 Å². The summed E-state index contributed by atoms with van der Waals surface area (Å²) in [5.41, 5.74) is 3.61. The molecule has 0 spiro atoms. The summed E-state index contributed by atoms with van der Waals surface area (Å²) in [6.45, 7) is 3.88. The van der Waals surface area contributed by atoms with E-state index in [9.17, 15) is 13.2 Å². The highest BCUT2D eigenvalue weighted by Gasteiger charge is 2.41. The summed E-state index contributed by atoms with van der Waals surface area (Å²) in [4.78, 5) is 17.6. The van der Waals surface area contributed by atoms with E-state index in [1.54, 1.807) is 6.08 Å². The zero-order valence-electron chi connectivity index (χ0n) is 15.9. The number of hydrogen-bond acceptors (Lipinski definition) is 6. The molecule has 1 N–H and O–H groups in total. The molecule has 0 aliphatic carbocycles. The van der Waals surface area contributed by atoms with Crippen molar-refractivity contribution < 1.29 is 13.2 Å². The van der Waals surface area contributed by atoms with Gasteiger partial charge in [0.1, 0.15) is 5.84 Å². The summed E-state index contributed by atoms with van der Waals surface area (Å²) < 4.78 is 29.9. The van der Waals surface area contributed by atoms with Gasteiger partial charge in [0.2, 0.25) is 20.2 Å². The Kier molecular flexibility index (Phi) is 4.55. The number of aryl methyl sites for hydroxylation is 1. The molecule has 0 radical (unpaired) electrons. The van der Waals surface area contributed by atoms with Gasteiger partial charge in [-0.25, -0.2) is 13.3 Å². The molecule has 10 heteroatoms. The highest BCUT2D eigenvalue weighted by atomic mass is 32.2. The van der Waals surface area contributed by atoms with E-state index in [1.165, 1.54) is 0 Å². The fourth-order valence-corrected chi connectivity index (χ4v) is 5.15. The van der Waals surface area contributed by atoms with Crippen LogP contribution in [0.15, 0.2) is 51.4 Å². The first-order chi connectivity index (χ1) is 13.7. The molecule has 0 unspecified atom stereocenters. The summed E-state index contributed by atoms with van der Waals surface area (Å²) in [5, 5.41) is 8.23. The topological polar surface area (TPSA) is 108 Å². The van der Waals surface area contributed by atoms with Gasteiger partial charge in [0.05, 0.1) is 17.5 Å². The van der Waals surface area contributed by atoms with Crippen LogP contribution in [0.2, 0.25) is 0 Å². The Morgan fingerprint density at radius 2 is 1.86 bits per heavy atom. The van der Waals surface area contributed by atoms with Crippen molar-refractivity contribution in [2.24, 2.45) is 9.39 Å². The summed E-state index contributed by atoms with van der Waals surface area (Å²) in [6, 6.07) is 11.7. The van der Waals surface area contributed by atoms with Gasteiger partial charge in [0, 0.05) is 23.3 Å². The first-order valence-electron chi connectivity index (χ1n) is 8.61. The summed E-state index contributed by atoms with van der Waals surface area (Å²) >= 11 is 0.776. The normalized spacial score (nSPS) is 18.2. The van der Waals surface area contributed by atoms with Gasteiger partial charge >= 0.3 is 0 Å². The third-order valence-electron chi connectivity index (χ3n) is 4.61. The molecule has 0 fully saturated rings. The first kappa shape index (κ1) is 19.3. The highest BCUT2D eigenvalue weighted by Crippen LogP contribution is 2.30. The van der Waals surface area contributed by atoms with E-state index < -0.39 is 15.7 Å². The molecule has 8 nitrogen and oxygen atoms in total. The Labute approximate surface area is 172 Å². The Morgan fingerprint density at radius 1 is 1.17 bits per heavy atom. The van der Waals surface area contributed by atoms with Crippen LogP contribution >= 0.6 is 11.9 Å². The molecule has 1 aromatic carbocycles. The predicted octanol–water partition coefficient (Wildman–Crippen LogP) is 2.72. The van der Waals surface area contributed by atoms with Crippen LogP contribution in [0.1, 0.15) is 17.0 Å². The van der Waals surface area contributed by atoms with Crippen molar-refractivity contribution in [3.05, 3.63) is 58.9 Å². The third-order valence-corrected chi connectivity index (χ3v) is 6.36. The molecular weight excluding hydrogens is 410 g/mol. The molecular formula is C19H17N5O3S2. The number of amides is 1. The molecule has 2 aliphatic rings. The lowest BCUT2D eigenvalue weighted by Crippen LogP contribution is -2.45. The predicted molar refractivity (Wildman–Crippen MR) is 115 cm³/mol. The van der Waals surface area contributed by atoms with E-state index in [4.69, 9.17) is 5.41 Å². The SMILES string of the molecule is Cc1cc(/C=C2/C(=N)N3C(=NC2=O)SN=C3S(C)(=O)=O)c(C)n1-c1ccccc1. The minimum atomic E-state index is -3.68. The van der Waals surface area contributed by atoms with Crippen LogP contribution in [-0.4, -0.2) is 46.2 Å². The van der Waals surface area contributed by atoms with Gasteiger partial charge in [-0.1, -0.05) is 18.2 Å². The van der Waals surface area contributed by atoms with E-state index >= 15 is 0 Å². The summed E-state index contributed by atoms with van der Waals surface area (Å²) in [7, 11) is -3.68. The van der Waals surface area contributed by atoms with Gasteiger partial charge in [0.25, 0.3) is 5.91 Å². The number of rotatable bonds is 2. The molecule has 29 heavy (non-hydrogen) atoms. The number of nitrogens with zero attached hydrogens (tertiary/aromatic N) is 4. The zero-order valence-corrected chi connectivity index (χ0v) is 17.5. The van der Waals surface area contributed by atoms with E-state index in [0.29, 0.717) is 0 Å². The largest absolute Gasteiger partial charge is 0.318 e. The van der Waals surface area contributed by atoms with E-state index in [2.05, 4.69) is 9.39 Å². The highest BCUT2D eigenvalue weighted by molar-refractivity contribution is 8.16. The number of aromatic nitrogens is 1. The fourth-order valence-electron chi connectivity index (χ4n) is 3.30. The van der Waals surface area contributed by atoms with Gasteiger partial charge < -0.3 is 4.57 Å². The lowest BCUT2D eigenvalue weighted by molar-refractivity contribution is -0.114. The fraction of sp³-hybridized carbons (Fsp3) is 0.158. The molecule has 2 aliphatic heterocycles. The standard InChI is InChI=1S/C19H17N5O3S2/c1-11-9-13(12(2)23(11)14-7-5-4-6-8-14)10-15-16(20)24-18(21-17(15)25)28-22-19(24)29(3,26)27/h4-10,20H,1-3H3/b15-10-,20-16?. The molecule has 0 saturated carbocycles. The molecule has 0 bridgehead atoms. The van der Waals surface area contributed by atoms with Gasteiger partial charge in [0.15, 0.2) is 0 Å². The maximum Gasteiger partial charge on any atom is 0.283 e. The van der Waals surface area contributed by atoms with Crippen LogP contribution in [0.5, 0.6) is 0 Å². The summed E-state index contributed by atoms with van der Waals surface area (Å²) in [5.74, 6) is -0.845. The molecule has 0 saturated heterocycles. The quantitative estimate of drug-likeness (QED) is 0.586. The zero-order chi connectivity index (χ0) is 20.9. The molecule has 148 valence electrons. The Balaban J connectivity index is 1.79. The van der Waals surface area contributed by atoms with Crippen molar-refractivity contribution in [2.75, 3.05) is 6.26 Å². The second-order valence-electron chi connectivity index (χ2n) is 6.68. The van der Waals surface area contributed by atoms with Gasteiger partial charge in [-0.15, -0.1) is 0 Å². The maximum absolute atomic E-state index is 12.5. The van der Waals surface area contributed by atoms with Crippen molar-refractivity contribution >= 4 is 49.9 Å². The van der Waals surface area contributed by atoms with Crippen molar-refractivity contribution in [2.45, 2.75) is 13.8 Å². The smallest absolute Gasteiger partial charge is 0.283 e.